The van der Waals surface area contributed by atoms with Crippen LogP contribution in [0.5, 0.6) is 0 Å². The van der Waals surface area contributed by atoms with E-state index in [0.717, 1.165) is 28.6 Å². The number of amides is 2. The van der Waals surface area contributed by atoms with E-state index in [-0.39, 0.29) is 23.5 Å². The molecule has 1 atom stereocenters. The number of aromatic nitrogens is 1. The minimum Gasteiger partial charge on any atom is -0.355 e. The van der Waals surface area contributed by atoms with Crippen LogP contribution in [0.25, 0.3) is 10.9 Å². The van der Waals surface area contributed by atoms with Crippen LogP contribution in [0.15, 0.2) is 54.6 Å². The number of likely N-dealkylation sites (tertiary alicyclic amines) is 1. The average Bonchev–Trinajstić information content (AvgIpc) is 3.27. The van der Waals surface area contributed by atoms with Gasteiger partial charge in [-0.05, 0) is 42.7 Å². The zero-order chi connectivity index (χ0) is 21.1. The van der Waals surface area contributed by atoms with Gasteiger partial charge in [-0.3, -0.25) is 14.6 Å². The van der Waals surface area contributed by atoms with Crippen molar-refractivity contribution in [3.63, 3.8) is 0 Å². The first-order chi connectivity index (χ1) is 14.5. The Morgan fingerprint density at radius 3 is 2.70 bits per heavy atom. The summed E-state index contributed by atoms with van der Waals surface area (Å²) in [6, 6.07) is 15.7. The molecule has 1 aliphatic heterocycles. The van der Waals surface area contributed by atoms with Gasteiger partial charge in [0.2, 0.25) is 5.91 Å². The van der Waals surface area contributed by atoms with E-state index in [9.17, 15) is 14.0 Å². The molecule has 30 heavy (non-hydrogen) atoms. The lowest BCUT2D eigenvalue weighted by molar-refractivity contribution is -0.130. The van der Waals surface area contributed by atoms with E-state index in [1.165, 1.54) is 12.1 Å². The van der Waals surface area contributed by atoms with Gasteiger partial charge in [-0.15, -0.1) is 0 Å². The number of benzene rings is 2. The Bertz CT molecular complexity index is 1080. The molecule has 0 aliphatic carbocycles. The summed E-state index contributed by atoms with van der Waals surface area (Å²) >= 11 is 0. The van der Waals surface area contributed by atoms with Crippen molar-refractivity contribution in [2.24, 2.45) is 0 Å². The molecule has 1 aromatic heterocycles. The first-order valence-electron chi connectivity index (χ1n) is 10.2. The van der Waals surface area contributed by atoms with Gasteiger partial charge in [-0.2, -0.15) is 0 Å². The second-order valence-corrected chi connectivity index (χ2v) is 7.64. The molecule has 154 valence electrons. The molecule has 1 fully saturated rings. The number of hydrogen-bond donors (Lipinski definition) is 1. The number of nitrogens with zero attached hydrogens (tertiary/aromatic N) is 2. The van der Waals surface area contributed by atoms with Crippen molar-refractivity contribution in [3.05, 3.63) is 77.2 Å². The maximum Gasteiger partial charge on any atom is 0.251 e. The molecule has 2 amide bonds. The van der Waals surface area contributed by atoms with Crippen molar-refractivity contribution in [2.45, 2.75) is 25.2 Å². The second kappa shape index (κ2) is 8.61. The van der Waals surface area contributed by atoms with Crippen molar-refractivity contribution in [3.8, 4) is 0 Å². The molecule has 1 aliphatic rings. The SMILES string of the molecule is CNC(=O)c1cc(C2CCN(C(=O)CCc3ccc(F)cc3)C2)nc2ccccc12. The number of carbonyl (C=O) groups is 2. The van der Waals surface area contributed by atoms with Gasteiger partial charge in [0, 0.05) is 43.6 Å². The highest BCUT2D eigenvalue weighted by atomic mass is 19.1. The van der Waals surface area contributed by atoms with Crippen LogP contribution in [0.4, 0.5) is 4.39 Å². The Morgan fingerprint density at radius 2 is 1.93 bits per heavy atom. The third-order valence-corrected chi connectivity index (χ3v) is 5.71. The number of hydrogen-bond acceptors (Lipinski definition) is 3. The molecule has 6 heteroatoms. The summed E-state index contributed by atoms with van der Waals surface area (Å²) in [7, 11) is 1.62. The third-order valence-electron chi connectivity index (χ3n) is 5.71. The van der Waals surface area contributed by atoms with Crippen molar-refractivity contribution in [2.75, 3.05) is 20.1 Å². The zero-order valence-electron chi connectivity index (χ0n) is 16.9. The van der Waals surface area contributed by atoms with E-state index < -0.39 is 0 Å². The van der Waals surface area contributed by atoms with Crippen LogP contribution in [-0.2, 0) is 11.2 Å². The number of pyridine rings is 1. The number of nitrogens with one attached hydrogen (secondary N) is 1. The highest BCUT2D eigenvalue weighted by Crippen LogP contribution is 2.29. The molecule has 2 heterocycles. The van der Waals surface area contributed by atoms with Crippen molar-refractivity contribution < 1.29 is 14.0 Å². The molecule has 0 bridgehead atoms. The monoisotopic (exact) mass is 405 g/mol. The van der Waals surface area contributed by atoms with Crippen LogP contribution in [0.1, 0.15) is 40.4 Å². The largest absolute Gasteiger partial charge is 0.355 e. The maximum absolute atomic E-state index is 13.0. The Balaban J connectivity index is 1.47. The molecule has 5 nitrogen and oxygen atoms in total. The van der Waals surface area contributed by atoms with Gasteiger partial charge < -0.3 is 10.2 Å². The van der Waals surface area contributed by atoms with Gasteiger partial charge in [-0.1, -0.05) is 30.3 Å². The molecule has 4 rings (SSSR count). The number of carbonyl (C=O) groups excluding carboxylic acids is 2. The molecule has 1 saturated heterocycles. The molecule has 1 unspecified atom stereocenters. The highest BCUT2D eigenvalue weighted by molar-refractivity contribution is 6.06. The fraction of sp³-hybridized carbons (Fsp3) is 0.292. The Labute approximate surface area is 174 Å². The quantitative estimate of drug-likeness (QED) is 0.704. The van der Waals surface area contributed by atoms with Crippen LogP contribution in [0.3, 0.4) is 0 Å². The molecule has 2 aromatic carbocycles. The number of para-hydroxylation sites is 1. The Kier molecular flexibility index (Phi) is 5.74. The second-order valence-electron chi connectivity index (χ2n) is 7.64. The summed E-state index contributed by atoms with van der Waals surface area (Å²) in [5, 5.41) is 3.52. The molecule has 0 saturated carbocycles. The maximum atomic E-state index is 13.0. The Morgan fingerprint density at radius 1 is 1.17 bits per heavy atom. The third kappa shape index (κ3) is 4.17. The highest BCUT2D eigenvalue weighted by Gasteiger charge is 2.29. The topological polar surface area (TPSA) is 62.3 Å². The smallest absolute Gasteiger partial charge is 0.251 e. The number of rotatable bonds is 5. The molecular weight excluding hydrogens is 381 g/mol. The fourth-order valence-corrected chi connectivity index (χ4v) is 4.02. The summed E-state index contributed by atoms with van der Waals surface area (Å²) in [6.07, 6.45) is 1.81. The normalized spacial score (nSPS) is 16.1. The fourth-order valence-electron chi connectivity index (χ4n) is 4.02. The summed E-state index contributed by atoms with van der Waals surface area (Å²) in [4.78, 5) is 31.7. The first kappa shape index (κ1) is 20.0. The van der Waals surface area contributed by atoms with E-state index in [2.05, 4.69) is 5.32 Å². The number of fused-ring (bicyclic) bond motifs is 1. The summed E-state index contributed by atoms with van der Waals surface area (Å²) in [5.74, 6) is -0.214. The van der Waals surface area contributed by atoms with Gasteiger partial charge >= 0.3 is 0 Å². The summed E-state index contributed by atoms with van der Waals surface area (Å²) in [6.45, 7) is 1.28. The van der Waals surface area contributed by atoms with E-state index >= 15 is 0 Å². The van der Waals surface area contributed by atoms with E-state index in [4.69, 9.17) is 4.98 Å². The van der Waals surface area contributed by atoms with Crippen molar-refractivity contribution in [1.29, 1.82) is 0 Å². The standard InChI is InChI=1S/C24H24FN3O2/c1-26-24(30)20-14-22(27-21-5-3-2-4-19(20)21)17-12-13-28(15-17)23(29)11-8-16-6-9-18(25)10-7-16/h2-7,9-10,14,17H,8,11-13,15H2,1H3,(H,26,30). The van der Waals surface area contributed by atoms with Crippen LogP contribution in [0.2, 0.25) is 0 Å². The van der Waals surface area contributed by atoms with Gasteiger partial charge in [0.15, 0.2) is 0 Å². The van der Waals surface area contributed by atoms with Crippen molar-refractivity contribution >= 4 is 22.7 Å². The predicted octanol–water partition coefficient (Wildman–Crippen LogP) is 3.68. The Hall–Kier alpha value is -3.28. The number of aryl methyl sites for hydroxylation is 1. The molecule has 1 N–H and O–H groups in total. The number of halogens is 1. The zero-order valence-corrected chi connectivity index (χ0v) is 16.9. The van der Waals surface area contributed by atoms with E-state index in [1.807, 2.05) is 35.2 Å². The minimum absolute atomic E-state index is 0.0918. The molecule has 3 aromatic rings. The van der Waals surface area contributed by atoms with Gasteiger partial charge in [0.25, 0.3) is 5.91 Å². The lowest BCUT2D eigenvalue weighted by Gasteiger charge is -2.17. The minimum atomic E-state index is -0.272. The van der Waals surface area contributed by atoms with Gasteiger partial charge in [-0.25, -0.2) is 4.39 Å². The lowest BCUT2D eigenvalue weighted by Crippen LogP contribution is -2.28. The van der Waals surface area contributed by atoms with Crippen LogP contribution < -0.4 is 5.32 Å². The van der Waals surface area contributed by atoms with Crippen molar-refractivity contribution in [1.82, 2.24) is 15.2 Å². The van der Waals surface area contributed by atoms with Gasteiger partial charge in [0.05, 0.1) is 11.1 Å². The molecule has 0 radical (unpaired) electrons. The van der Waals surface area contributed by atoms with Crippen LogP contribution in [-0.4, -0.2) is 41.8 Å². The predicted molar refractivity (Wildman–Crippen MR) is 114 cm³/mol. The van der Waals surface area contributed by atoms with E-state index in [0.29, 0.717) is 31.5 Å². The van der Waals surface area contributed by atoms with Crippen LogP contribution >= 0.6 is 0 Å². The average molecular weight is 405 g/mol. The molecular formula is C24H24FN3O2. The first-order valence-corrected chi connectivity index (χ1v) is 10.2. The summed E-state index contributed by atoms with van der Waals surface area (Å²) in [5.41, 5.74) is 3.20. The molecule has 0 spiro atoms. The lowest BCUT2D eigenvalue weighted by atomic mass is 9.99. The van der Waals surface area contributed by atoms with E-state index in [1.54, 1.807) is 19.2 Å². The summed E-state index contributed by atoms with van der Waals surface area (Å²) < 4.78 is 13.0. The van der Waals surface area contributed by atoms with Gasteiger partial charge in [0.1, 0.15) is 5.82 Å². The van der Waals surface area contributed by atoms with Crippen LogP contribution in [0, 0.1) is 5.82 Å².